The van der Waals surface area contributed by atoms with Gasteiger partial charge in [0.15, 0.2) is 10.7 Å². The van der Waals surface area contributed by atoms with Gasteiger partial charge < -0.3 is 14.6 Å². The maximum atomic E-state index is 13.1. The Kier molecular flexibility index (Phi) is 6.36. The summed E-state index contributed by atoms with van der Waals surface area (Å²) in [5.41, 5.74) is -0.657. The lowest BCUT2D eigenvalue weighted by atomic mass is 10.2. The Hall–Kier alpha value is -3.32. The number of hydrogen-bond donors (Lipinski definition) is 1. The lowest BCUT2D eigenvalue weighted by Crippen LogP contribution is -2.27. The molecule has 0 bridgehead atoms. The molecule has 0 saturated carbocycles. The van der Waals surface area contributed by atoms with Gasteiger partial charge in [-0.25, -0.2) is 15.0 Å². The number of nitrogens with zero attached hydrogens (tertiary/aromatic N) is 5. The summed E-state index contributed by atoms with van der Waals surface area (Å²) in [7, 11) is 4.10. The third kappa shape index (κ3) is 4.41. The molecule has 0 aliphatic rings. The summed E-state index contributed by atoms with van der Waals surface area (Å²) in [6, 6.07) is 2.02. The van der Waals surface area contributed by atoms with Gasteiger partial charge in [0.05, 0.1) is 37.0 Å². The minimum absolute atomic E-state index is 0.00716. The average molecular weight is 455 g/mol. The van der Waals surface area contributed by atoms with E-state index < -0.39 is 24.3 Å². The van der Waals surface area contributed by atoms with Crippen molar-refractivity contribution in [1.82, 2.24) is 19.9 Å². The van der Waals surface area contributed by atoms with Crippen molar-refractivity contribution in [1.29, 1.82) is 0 Å². The van der Waals surface area contributed by atoms with Crippen molar-refractivity contribution in [3.8, 4) is 23.1 Å². The van der Waals surface area contributed by atoms with Crippen molar-refractivity contribution in [3.05, 3.63) is 40.7 Å². The van der Waals surface area contributed by atoms with Gasteiger partial charge in [0.2, 0.25) is 11.8 Å². The van der Waals surface area contributed by atoms with Crippen molar-refractivity contribution in [2.45, 2.75) is 12.8 Å². The maximum absolute atomic E-state index is 13.1. The zero-order chi connectivity index (χ0) is 22.8. The number of carbonyl (C=O) groups excluding carboxylic acids is 1. The molecule has 3 aromatic heterocycles. The molecular formula is C18H16F3N5O4S. The monoisotopic (exact) mass is 455 g/mol. The van der Waals surface area contributed by atoms with Crippen LogP contribution in [0.5, 0.6) is 11.8 Å². The SMILES string of the molecule is COc1ncnc(OC)c1C(=O)N(C)c1nc(-c2ccc(C(F)(F)F)cn2)c(CO)s1. The third-order valence-corrected chi connectivity index (χ3v) is 5.25. The number of halogens is 3. The summed E-state index contributed by atoms with van der Waals surface area (Å²) in [5, 5.41) is 9.84. The van der Waals surface area contributed by atoms with Crippen LogP contribution in [-0.2, 0) is 12.8 Å². The number of pyridine rings is 1. The van der Waals surface area contributed by atoms with E-state index in [2.05, 4.69) is 19.9 Å². The number of hydrogen-bond acceptors (Lipinski definition) is 9. The number of ether oxygens (including phenoxy) is 2. The summed E-state index contributed by atoms with van der Waals surface area (Å²) in [5.74, 6) is -0.612. The number of alkyl halides is 3. The Morgan fingerprint density at radius 3 is 2.29 bits per heavy atom. The fourth-order valence-corrected chi connectivity index (χ4v) is 3.48. The molecule has 3 rings (SSSR count). The topological polar surface area (TPSA) is 111 Å². The van der Waals surface area contributed by atoms with E-state index in [-0.39, 0.29) is 33.8 Å². The Labute approximate surface area is 178 Å². The van der Waals surface area contributed by atoms with Crippen LogP contribution in [0.3, 0.4) is 0 Å². The summed E-state index contributed by atoms with van der Waals surface area (Å²) in [6.45, 7) is -0.446. The van der Waals surface area contributed by atoms with E-state index in [0.29, 0.717) is 11.1 Å². The zero-order valence-corrected chi connectivity index (χ0v) is 17.3. The molecule has 0 fully saturated rings. The van der Waals surface area contributed by atoms with Crippen LogP contribution >= 0.6 is 11.3 Å². The van der Waals surface area contributed by atoms with Crippen LogP contribution in [0, 0.1) is 0 Å². The molecule has 3 heterocycles. The van der Waals surface area contributed by atoms with E-state index in [1.807, 2.05) is 0 Å². The molecule has 0 aliphatic heterocycles. The molecule has 164 valence electrons. The zero-order valence-electron chi connectivity index (χ0n) is 16.5. The highest BCUT2D eigenvalue weighted by Crippen LogP contribution is 2.35. The lowest BCUT2D eigenvalue weighted by molar-refractivity contribution is -0.137. The van der Waals surface area contributed by atoms with Gasteiger partial charge in [0.1, 0.15) is 12.0 Å². The number of amides is 1. The molecule has 1 N–H and O–H groups in total. The smallest absolute Gasteiger partial charge is 0.417 e. The standard InChI is InChI=1S/C18H16F3N5O4S/c1-26(16(28)12-14(29-2)23-8-24-15(12)30-3)17-25-13(11(7-27)31-17)10-5-4-9(6-22-10)18(19,20)21/h4-6,8,27H,7H2,1-3H3. The second-order valence-corrected chi connectivity index (χ2v) is 7.05. The van der Waals surface area contributed by atoms with Gasteiger partial charge >= 0.3 is 6.18 Å². The molecule has 3 aromatic rings. The predicted molar refractivity (Wildman–Crippen MR) is 104 cm³/mol. The summed E-state index contributed by atoms with van der Waals surface area (Å²) >= 11 is 0.981. The molecule has 0 radical (unpaired) electrons. The molecule has 0 unspecified atom stereocenters. The minimum Gasteiger partial charge on any atom is -0.480 e. The molecule has 0 aromatic carbocycles. The predicted octanol–water partition coefficient (Wildman–Crippen LogP) is 2.80. The Morgan fingerprint density at radius 1 is 1.16 bits per heavy atom. The Morgan fingerprint density at radius 2 is 1.81 bits per heavy atom. The normalized spacial score (nSPS) is 11.3. The summed E-state index contributed by atoms with van der Waals surface area (Å²) < 4.78 is 48.6. The molecule has 1 amide bonds. The quantitative estimate of drug-likeness (QED) is 0.604. The van der Waals surface area contributed by atoms with Crippen molar-refractivity contribution < 1.29 is 32.5 Å². The van der Waals surface area contributed by atoms with Crippen molar-refractivity contribution in [2.24, 2.45) is 0 Å². The highest BCUT2D eigenvalue weighted by Gasteiger charge is 2.31. The second-order valence-electron chi connectivity index (χ2n) is 5.99. The van der Waals surface area contributed by atoms with Crippen LogP contribution in [0.4, 0.5) is 18.3 Å². The maximum Gasteiger partial charge on any atom is 0.417 e. The van der Waals surface area contributed by atoms with Crippen LogP contribution in [0.1, 0.15) is 20.8 Å². The number of methoxy groups -OCH3 is 2. The van der Waals surface area contributed by atoms with E-state index in [1.54, 1.807) is 0 Å². The summed E-state index contributed by atoms with van der Waals surface area (Å²) in [6.07, 6.45) is -2.67. The Balaban J connectivity index is 1.98. The molecule has 0 spiro atoms. The minimum atomic E-state index is -4.53. The van der Waals surface area contributed by atoms with Gasteiger partial charge in [-0.05, 0) is 12.1 Å². The first-order chi connectivity index (χ1) is 14.7. The average Bonchev–Trinajstić information content (AvgIpc) is 3.21. The van der Waals surface area contributed by atoms with Gasteiger partial charge in [0, 0.05) is 13.2 Å². The molecular weight excluding hydrogens is 439 g/mol. The van der Waals surface area contributed by atoms with E-state index in [9.17, 15) is 23.1 Å². The van der Waals surface area contributed by atoms with Crippen LogP contribution in [0.2, 0.25) is 0 Å². The highest BCUT2D eigenvalue weighted by atomic mass is 32.1. The largest absolute Gasteiger partial charge is 0.480 e. The fraction of sp³-hybridized carbons (Fsp3) is 0.278. The van der Waals surface area contributed by atoms with Crippen LogP contribution < -0.4 is 14.4 Å². The number of thiazole rings is 1. The first kappa shape index (κ1) is 22.4. The number of aliphatic hydroxyl groups is 1. The third-order valence-electron chi connectivity index (χ3n) is 4.13. The number of aromatic nitrogens is 4. The van der Waals surface area contributed by atoms with E-state index in [0.717, 1.165) is 23.5 Å². The van der Waals surface area contributed by atoms with Crippen molar-refractivity contribution in [2.75, 3.05) is 26.2 Å². The van der Waals surface area contributed by atoms with Crippen molar-refractivity contribution >= 4 is 22.4 Å². The van der Waals surface area contributed by atoms with Gasteiger partial charge in [-0.1, -0.05) is 11.3 Å². The fourth-order valence-electron chi connectivity index (χ4n) is 2.59. The number of carbonyl (C=O) groups is 1. The highest BCUT2D eigenvalue weighted by molar-refractivity contribution is 7.16. The van der Waals surface area contributed by atoms with E-state index >= 15 is 0 Å². The van der Waals surface area contributed by atoms with Crippen molar-refractivity contribution in [3.63, 3.8) is 0 Å². The molecule has 9 nitrogen and oxygen atoms in total. The van der Waals surface area contributed by atoms with E-state index in [1.165, 1.54) is 32.5 Å². The van der Waals surface area contributed by atoms with Crippen LogP contribution in [0.15, 0.2) is 24.7 Å². The van der Waals surface area contributed by atoms with Gasteiger partial charge in [-0.3, -0.25) is 14.7 Å². The van der Waals surface area contributed by atoms with E-state index in [4.69, 9.17) is 9.47 Å². The number of anilines is 1. The van der Waals surface area contributed by atoms with Gasteiger partial charge in [0.25, 0.3) is 5.91 Å². The number of rotatable bonds is 6. The first-order valence-corrected chi connectivity index (χ1v) is 9.38. The lowest BCUT2D eigenvalue weighted by Gasteiger charge is -2.16. The molecule has 0 atom stereocenters. The molecule has 0 aliphatic carbocycles. The number of aliphatic hydroxyl groups excluding tert-OH is 1. The van der Waals surface area contributed by atoms with Crippen LogP contribution in [0.25, 0.3) is 11.4 Å². The summed E-state index contributed by atoms with van der Waals surface area (Å²) in [4.78, 5) is 30.4. The van der Waals surface area contributed by atoms with Gasteiger partial charge in [-0.15, -0.1) is 0 Å². The Bertz CT molecular complexity index is 1070. The molecule has 31 heavy (non-hydrogen) atoms. The molecule has 0 saturated heterocycles. The molecule has 13 heteroatoms. The second kappa shape index (κ2) is 8.81. The first-order valence-electron chi connectivity index (χ1n) is 8.56. The van der Waals surface area contributed by atoms with Gasteiger partial charge in [-0.2, -0.15) is 13.2 Å². The van der Waals surface area contributed by atoms with Crippen LogP contribution in [-0.4, -0.2) is 52.2 Å².